The molecule has 1 aliphatic heterocycles. The Morgan fingerprint density at radius 2 is 2.00 bits per heavy atom. The van der Waals surface area contributed by atoms with Crippen molar-refractivity contribution in [2.45, 2.75) is 52.0 Å². The molecule has 0 bridgehead atoms. The molecule has 0 radical (unpaired) electrons. The number of allylic oxidation sites excluding steroid dienone is 1. The van der Waals surface area contributed by atoms with Crippen LogP contribution in [0.4, 0.5) is 10.1 Å². The minimum Gasteiger partial charge on any atom is -0.485 e. The third-order valence-electron chi connectivity index (χ3n) is 4.99. The Bertz CT molecular complexity index is 850. The summed E-state index contributed by atoms with van der Waals surface area (Å²) in [6.07, 6.45) is 3.46. The average Bonchev–Trinajstić information content (AvgIpc) is 2.68. The molecule has 0 saturated carbocycles. The quantitative estimate of drug-likeness (QED) is 0.583. The smallest absolute Gasteiger partial charge is 0.132 e. The molecule has 2 aromatic rings. The molecule has 0 saturated heterocycles. The van der Waals surface area contributed by atoms with Crippen molar-refractivity contribution in [3.63, 3.8) is 0 Å². The Labute approximate surface area is 172 Å². The van der Waals surface area contributed by atoms with E-state index in [1.807, 2.05) is 64.1 Å². The molecule has 2 unspecified atom stereocenters. The second-order valence-electron chi connectivity index (χ2n) is 7.64. The van der Waals surface area contributed by atoms with Crippen molar-refractivity contribution in [3.05, 3.63) is 71.6 Å². The fraction of sp³-hybridized carbons (Fsp3) is 0.417. The van der Waals surface area contributed by atoms with Crippen molar-refractivity contribution in [1.82, 2.24) is 0 Å². The third kappa shape index (κ3) is 5.17. The van der Waals surface area contributed by atoms with E-state index >= 15 is 0 Å². The van der Waals surface area contributed by atoms with E-state index in [2.05, 4.69) is 5.32 Å². The highest BCUT2D eigenvalue weighted by molar-refractivity contribution is 5.53. The molecule has 0 aromatic heterocycles. The maximum atomic E-state index is 13.4. The van der Waals surface area contributed by atoms with Gasteiger partial charge in [0.15, 0.2) is 0 Å². The van der Waals surface area contributed by atoms with Crippen LogP contribution in [-0.4, -0.2) is 24.9 Å². The molecule has 4 nitrogen and oxygen atoms in total. The van der Waals surface area contributed by atoms with Gasteiger partial charge in [-0.3, -0.25) is 0 Å². The van der Waals surface area contributed by atoms with E-state index in [9.17, 15) is 4.39 Å². The zero-order valence-corrected chi connectivity index (χ0v) is 17.6. The largest absolute Gasteiger partial charge is 0.485 e. The maximum absolute atomic E-state index is 13.4. The van der Waals surface area contributed by atoms with E-state index in [4.69, 9.17) is 14.2 Å². The minimum absolute atomic E-state index is 0.233. The molecule has 5 heteroatoms. The number of halogens is 1. The number of ether oxygens (including phenoxy) is 3. The second-order valence-corrected chi connectivity index (χ2v) is 7.64. The Morgan fingerprint density at radius 3 is 2.72 bits per heavy atom. The van der Waals surface area contributed by atoms with Gasteiger partial charge in [0.1, 0.15) is 29.4 Å². The van der Waals surface area contributed by atoms with Gasteiger partial charge in [-0.25, -0.2) is 4.39 Å². The number of rotatable bonds is 8. The number of nitrogens with one attached hydrogen (secondary N) is 1. The van der Waals surface area contributed by atoms with E-state index in [1.165, 1.54) is 12.1 Å². The first kappa shape index (κ1) is 21.3. The van der Waals surface area contributed by atoms with Crippen molar-refractivity contribution in [2.75, 3.05) is 18.5 Å². The molecule has 1 aliphatic rings. The highest BCUT2D eigenvalue weighted by Crippen LogP contribution is 2.44. The Kier molecular flexibility index (Phi) is 6.93. The van der Waals surface area contributed by atoms with E-state index in [0.717, 1.165) is 22.6 Å². The number of hydrogen-bond donors (Lipinski definition) is 1. The van der Waals surface area contributed by atoms with E-state index < -0.39 is 5.60 Å². The SMILES string of the molecule is C/C=C/COC1C(OCC)c2cc(NCc3cccc(F)c3)ccc2OC1(C)C. The monoisotopic (exact) mass is 399 g/mol. The van der Waals surface area contributed by atoms with Gasteiger partial charge in [0.25, 0.3) is 0 Å². The highest BCUT2D eigenvalue weighted by Gasteiger charge is 2.45. The van der Waals surface area contributed by atoms with Crippen LogP contribution in [0.25, 0.3) is 0 Å². The first-order valence-electron chi connectivity index (χ1n) is 10.1. The Hall–Kier alpha value is -2.37. The van der Waals surface area contributed by atoms with Gasteiger partial charge in [0, 0.05) is 24.4 Å². The molecule has 2 atom stereocenters. The third-order valence-corrected chi connectivity index (χ3v) is 4.99. The van der Waals surface area contributed by atoms with Crippen LogP contribution in [0.5, 0.6) is 5.75 Å². The summed E-state index contributed by atoms with van der Waals surface area (Å²) >= 11 is 0. The molecule has 3 rings (SSSR count). The summed E-state index contributed by atoms with van der Waals surface area (Å²) in [6, 6.07) is 12.6. The summed E-state index contributed by atoms with van der Waals surface area (Å²) in [6.45, 7) is 9.62. The van der Waals surface area contributed by atoms with Gasteiger partial charge in [-0.1, -0.05) is 24.3 Å². The topological polar surface area (TPSA) is 39.7 Å². The zero-order chi connectivity index (χ0) is 20.9. The second kappa shape index (κ2) is 9.42. The molecule has 0 amide bonds. The van der Waals surface area contributed by atoms with Gasteiger partial charge in [-0.15, -0.1) is 0 Å². The fourth-order valence-corrected chi connectivity index (χ4v) is 3.59. The summed E-state index contributed by atoms with van der Waals surface area (Å²) in [7, 11) is 0. The number of benzene rings is 2. The molecular formula is C24H30FNO3. The molecule has 2 aromatic carbocycles. The minimum atomic E-state index is -0.523. The average molecular weight is 400 g/mol. The van der Waals surface area contributed by atoms with Crippen LogP contribution in [0.2, 0.25) is 0 Å². The van der Waals surface area contributed by atoms with Gasteiger partial charge in [0.2, 0.25) is 0 Å². The van der Waals surface area contributed by atoms with Crippen LogP contribution < -0.4 is 10.1 Å². The van der Waals surface area contributed by atoms with Gasteiger partial charge < -0.3 is 19.5 Å². The normalized spacial score (nSPS) is 20.3. The molecule has 0 aliphatic carbocycles. The van der Waals surface area contributed by atoms with Crippen LogP contribution in [-0.2, 0) is 16.0 Å². The van der Waals surface area contributed by atoms with Crippen LogP contribution in [0, 0.1) is 5.82 Å². The number of anilines is 1. The van der Waals surface area contributed by atoms with Crippen LogP contribution in [0.1, 0.15) is 44.9 Å². The Morgan fingerprint density at radius 1 is 1.17 bits per heavy atom. The molecule has 1 heterocycles. The standard InChI is InChI=1S/C24H30FNO3/c1-5-7-13-28-23-22(27-6-2)20-15-19(11-12-21(20)29-24(23,3)4)26-16-17-9-8-10-18(25)14-17/h5,7-12,14-15,22-23,26H,6,13,16H2,1-4H3/b7-5+. The molecule has 29 heavy (non-hydrogen) atoms. The molecule has 156 valence electrons. The van der Waals surface area contributed by atoms with Crippen molar-refractivity contribution >= 4 is 5.69 Å². The first-order chi connectivity index (χ1) is 13.9. The lowest BCUT2D eigenvalue weighted by Crippen LogP contribution is -2.51. The molecule has 0 fully saturated rings. The first-order valence-corrected chi connectivity index (χ1v) is 10.1. The molecule has 1 N–H and O–H groups in total. The van der Waals surface area contributed by atoms with Crippen molar-refractivity contribution in [2.24, 2.45) is 0 Å². The summed E-state index contributed by atoms with van der Waals surface area (Å²) in [4.78, 5) is 0. The Balaban J connectivity index is 1.84. The zero-order valence-electron chi connectivity index (χ0n) is 17.6. The van der Waals surface area contributed by atoms with Gasteiger partial charge in [-0.2, -0.15) is 0 Å². The lowest BCUT2D eigenvalue weighted by Gasteiger charge is -2.44. The molecular weight excluding hydrogens is 369 g/mol. The predicted molar refractivity (Wildman–Crippen MR) is 114 cm³/mol. The van der Waals surface area contributed by atoms with E-state index in [1.54, 1.807) is 6.07 Å². The van der Waals surface area contributed by atoms with Crippen molar-refractivity contribution < 1.29 is 18.6 Å². The van der Waals surface area contributed by atoms with Crippen molar-refractivity contribution in [3.8, 4) is 5.75 Å². The number of hydrogen-bond acceptors (Lipinski definition) is 4. The molecule has 0 spiro atoms. The highest BCUT2D eigenvalue weighted by atomic mass is 19.1. The summed E-state index contributed by atoms with van der Waals surface area (Å²) in [5.74, 6) is 0.568. The summed E-state index contributed by atoms with van der Waals surface area (Å²) in [5.41, 5.74) is 2.24. The summed E-state index contributed by atoms with van der Waals surface area (Å²) < 4.78 is 31.9. The van der Waals surface area contributed by atoms with Gasteiger partial charge in [0.05, 0.1) is 6.61 Å². The van der Waals surface area contributed by atoms with Crippen LogP contribution in [0.15, 0.2) is 54.6 Å². The van der Waals surface area contributed by atoms with E-state index in [0.29, 0.717) is 19.8 Å². The lowest BCUT2D eigenvalue weighted by molar-refractivity contribution is -0.155. The van der Waals surface area contributed by atoms with E-state index in [-0.39, 0.29) is 18.0 Å². The number of fused-ring (bicyclic) bond motifs is 1. The van der Waals surface area contributed by atoms with Crippen LogP contribution >= 0.6 is 0 Å². The predicted octanol–water partition coefficient (Wildman–Crippen LogP) is 5.65. The van der Waals surface area contributed by atoms with Crippen molar-refractivity contribution in [1.29, 1.82) is 0 Å². The lowest BCUT2D eigenvalue weighted by atomic mass is 9.88. The maximum Gasteiger partial charge on any atom is 0.132 e. The summed E-state index contributed by atoms with van der Waals surface area (Å²) in [5, 5.41) is 3.36. The van der Waals surface area contributed by atoms with Gasteiger partial charge in [-0.05, 0) is 63.6 Å². The van der Waals surface area contributed by atoms with Crippen LogP contribution in [0.3, 0.4) is 0 Å². The fourth-order valence-electron chi connectivity index (χ4n) is 3.59. The van der Waals surface area contributed by atoms with Gasteiger partial charge >= 0.3 is 0 Å².